The van der Waals surface area contributed by atoms with E-state index in [0.29, 0.717) is 5.92 Å². The van der Waals surface area contributed by atoms with E-state index in [0.717, 1.165) is 16.9 Å². The van der Waals surface area contributed by atoms with E-state index < -0.39 is 5.97 Å². The molecule has 0 heterocycles. The van der Waals surface area contributed by atoms with Crippen molar-refractivity contribution in [3.8, 4) is 0 Å². The fourth-order valence-corrected chi connectivity index (χ4v) is 3.84. The highest BCUT2D eigenvalue weighted by Gasteiger charge is 2.55. The Kier molecular flexibility index (Phi) is 2.56. The number of fused-ring (bicyclic) bond motifs is 2. The molecule has 1 aromatic rings. The van der Waals surface area contributed by atoms with Crippen LogP contribution in [-0.4, -0.2) is 11.1 Å². The number of carboxylic acids is 1. The number of carbonyl (C=O) groups is 1. The Bertz CT molecular complexity index is 520. The van der Waals surface area contributed by atoms with Gasteiger partial charge in [-0.15, -0.1) is 12.6 Å². The second-order valence-electron chi connectivity index (χ2n) is 5.67. The molecule has 2 aliphatic rings. The summed E-state index contributed by atoms with van der Waals surface area (Å²) in [4.78, 5) is 12.5. The molecule has 18 heavy (non-hydrogen) atoms. The zero-order chi connectivity index (χ0) is 12.9. The highest BCUT2D eigenvalue weighted by molar-refractivity contribution is 7.80. The lowest BCUT2D eigenvalue weighted by Crippen LogP contribution is -2.31. The van der Waals surface area contributed by atoms with Crippen LogP contribution in [0.4, 0.5) is 0 Å². The molecule has 0 amide bonds. The van der Waals surface area contributed by atoms with Crippen molar-refractivity contribution in [2.24, 2.45) is 17.3 Å². The van der Waals surface area contributed by atoms with Crippen LogP contribution in [0.15, 0.2) is 41.3 Å². The molecule has 3 rings (SSSR count). The van der Waals surface area contributed by atoms with Gasteiger partial charge in [0.1, 0.15) is 0 Å². The van der Waals surface area contributed by atoms with E-state index in [1.807, 2.05) is 24.3 Å². The van der Waals surface area contributed by atoms with Crippen LogP contribution in [0.1, 0.15) is 24.8 Å². The number of carboxylic acid groups (broad SMARTS) is 1. The molecule has 1 fully saturated rings. The monoisotopic (exact) mass is 260 g/mol. The SMILES string of the molecule is CC12C=CC(C1)C(c1ccc(S)cc1)C2C(=O)O. The average Bonchev–Trinajstić information content (AvgIpc) is 2.82. The standard InChI is InChI=1S/C15H16O2S/c1-15-7-6-10(8-15)12(13(15)14(16)17)9-2-4-11(18)5-3-9/h2-7,10,12-13,18H,8H2,1H3,(H,16,17). The Morgan fingerprint density at radius 2 is 2.06 bits per heavy atom. The molecule has 4 unspecified atom stereocenters. The third kappa shape index (κ3) is 1.61. The van der Waals surface area contributed by atoms with Crippen LogP contribution in [-0.2, 0) is 4.79 Å². The topological polar surface area (TPSA) is 37.3 Å². The minimum absolute atomic E-state index is 0.103. The highest BCUT2D eigenvalue weighted by atomic mass is 32.1. The first-order chi connectivity index (χ1) is 8.51. The Hall–Kier alpha value is -1.22. The van der Waals surface area contributed by atoms with Crippen LogP contribution in [0.5, 0.6) is 0 Å². The third-order valence-corrected chi connectivity index (χ3v) is 4.77. The number of hydrogen-bond acceptors (Lipinski definition) is 2. The molecule has 2 nitrogen and oxygen atoms in total. The van der Waals surface area contributed by atoms with E-state index in [1.165, 1.54) is 0 Å². The molecule has 94 valence electrons. The van der Waals surface area contributed by atoms with Crippen molar-refractivity contribution in [3.05, 3.63) is 42.0 Å². The van der Waals surface area contributed by atoms with Crippen LogP contribution in [0.3, 0.4) is 0 Å². The maximum atomic E-state index is 11.6. The predicted octanol–water partition coefficient (Wildman–Crippen LogP) is 3.36. The van der Waals surface area contributed by atoms with E-state index in [-0.39, 0.29) is 17.3 Å². The van der Waals surface area contributed by atoms with Crippen LogP contribution >= 0.6 is 12.6 Å². The second kappa shape index (κ2) is 3.89. The van der Waals surface area contributed by atoms with Gasteiger partial charge in [-0.05, 0) is 35.4 Å². The molecular weight excluding hydrogens is 244 g/mol. The van der Waals surface area contributed by atoms with E-state index in [1.54, 1.807) is 0 Å². The van der Waals surface area contributed by atoms with Crippen LogP contribution < -0.4 is 0 Å². The molecule has 0 saturated heterocycles. The van der Waals surface area contributed by atoms with Gasteiger partial charge in [-0.2, -0.15) is 0 Å². The van der Waals surface area contributed by atoms with Gasteiger partial charge in [0.15, 0.2) is 0 Å². The lowest BCUT2D eigenvalue weighted by Gasteiger charge is -2.30. The van der Waals surface area contributed by atoms with Crippen molar-refractivity contribution in [2.45, 2.75) is 24.2 Å². The Morgan fingerprint density at radius 1 is 1.39 bits per heavy atom. The van der Waals surface area contributed by atoms with Crippen LogP contribution in [0.25, 0.3) is 0 Å². The zero-order valence-electron chi connectivity index (χ0n) is 10.2. The number of hydrogen-bond donors (Lipinski definition) is 2. The molecule has 0 spiro atoms. The first kappa shape index (κ1) is 11.8. The third-order valence-electron chi connectivity index (χ3n) is 4.47. The molecule has 1 N–H and O–H groups in total. The summed E-state index contributed by atoms with van der Waals surface area (Å²) in [5, 5.41) is 9.54. The van der Waals surface area contributed by atoms with Gasteiger partial charge in [-0.3, -0.25) is 4.79 Å². The smallest absolute Gasteiger partial charge is 0.308 e. The number of thiol groups is 1. The zero-order valence-corrected chi connectivity index (χ0v) is 11.1. The number of benzene rings is 1. The molecule has 0 aliphatic heterocycles. The van der Waals surface area contributed by atoms with E-state index in [9.17, 15) is 9.90 Å². The summed E-state index contributed by atoms with van der Waals surface area (Å²) in [5.41, 5.74) is 0.944. The van der Waals surface area contributed by atoms with E-state index >= 15 is 0 Å². The lowest BCUT2D eigenvalue weighted by atomic mass is 9.72. The summed E-state index contributed by atoms with van der Waals surface area (Å²) in [6.45, 7) is 2.06. The maximum Gasteiger partial charge on any atom is 0.308 e. The average molecular weight is 260 g/mol. The van der Waals surface area contributed by atoms with Crippen molar-refractivity contribution in [1.29, 1.82) is 0 Å². The molecule has 1 saturated carbocycles. The summed E-state index contributed by atoms with van der Waals surface area (Å²) in [7, 11) is 0. The quantitative estimate of drug-likeness (QED) is 0.632. The van der Waals surface area contributed by atoms with Crippen LogP contribution in [0.2, 0.25) is 0 Å². The second-order valence-corrected chi connectivity index (χ2v) is 6.18. The number of rotatable bonds is 2. The molecule has 2 bridgehead atoms. The Labute approximate surface area is 112 Å². The minimum atomic E-state index is -0.677. The lowest BCUT2D eigenvalue weighted by molar-refractivity contribution is -0.144. The molecule has 0 radical (unpaired) electrons. The summed E-state index contributed by atoms with van der Waals surface area (Å²) < 4.78 is 0. The van der Waals surface area contributed by atoms with Gasteiger partial charge < -0.3 is 5.11 Å². The normalized spacial score (nSPS) is 37.1. The molecule has 2 aliphatic carbocycles. The molecular formula is C15H16O2S. The van der Waals surface area contributed by atoms with Crippen molar-refractivity contribution < 1.29 is 9.90 Å². The van der Waals surface area contributed by atoms with Gasteiger partial charge in [-0.1, -0.05) is 31.2 Å². The van der Waals surface area contributed by atoms with Crippen molar-refractivity contribution >= 4 is 18.6 Å². The predicted molar refractivity (Wildman–Crippen MR) is 72.9 cm³/mol. The first-order valence-electron chi connectivity index (χ1n) is 6.22. The minimum Gasteiger partial charge on any atom is -0.481 e. The number of aliphatic carboxylic acids is 1. The van der Waals surface area contributed by atoms with E-state index in [2.05, 4.69) is 31.7 Å². The fourth-order valence-electron chi connectivity index (χ4n) is 3.69. The van der Waals surface area contributed by atoms with Gasteiger partial charge in [0, 0.05) is 10.8 Å². The summed E-state index contributed by atoms with van der Waals surface area (Å²) >= 11 is 4.28. The fraction of sp³-hybridized carbons (Fsp3) is 0.400. The van der Waals surface area contributed by atoms with Crippen LogP contribution in [0, 0.1) is 17.3 Å². The van der Waals surface area contributed by atoms with Gasteiger partial charge in [0.05, 0.1) is 5.92 Å². The maximum absolute atomic E-state index is 11.6. The Morgan fingerprint density at radius 3 is 2.67 bits per heavy atom. The largest absolute Gasteiger partial charge is 0.481 e. The van der Waals surface area contributed by atoms with E-state index in [4.69, 9.17) is 0 Å². The van der Waals surface area contributed by atoms with Crippen molar-refractivity contribution in [1.82, 2.24) is 0 Å². The molecule has 3 heteroatoms. The molecule has 1 aromatic carbocycles. The van der Waals surface area contributed by atoms with Crippen molar-refractivity contribution in [3.63, 3.8) is 0 Å². The van der Waals surface area contributed by atoms with Gasteiger partial charge in [0.25, 0.3) is 0 Å². The van der Waals surface area contributed by atoms with Gasteiger partial charge >= 0.3 is 5.97 Å². The summed E-state index contributed by atoms with van der Waals surface area (Å²) in [6.07, 6.45) is 5.25. The van der Waals surface area contributed by atoms with Gasteiger partial charge in [0.2, 0.25) is 0 Å². The Balaban J connectivity index is 2.03. The summed E-state index contributed by atoms with van der Waals surface area (Å²) in [6, 6.07) is 7.91. The van der Waals surface area contributed by atoms with Gasteiger partial charge in [-0.25, -0.2) is 0 Å². The highest BCUT2D eigenvalue weighted by Crippen LogP contribution is 2.60. The molecule has 0 aromatic heterocycles. The first-order valence-corrected chi connectivity index (χ1v) is 6.67. The molecule has 4 atom stereocenters. The van der Waals surface area contributed by atoms with Crippen molar-refractivity contribution in [2.75, 3.05) is 0 Å². The summed E-state index contributed by atoms with van der Waals surface area (Å²) in [5.74, 6) is -0.518. The number of allylic oxidation sites excluding steroid dienone is 2.